The summed E-state index contributed by atoms with van der Waals surface area (Å²) < 4.78 is 5.33. The molecule has 1 aliphatic rings. The van der Waals surface area contributed by atoms with Crippen molar-refractivity contribution in [2.24, 2.45) is 11.8 Å². The van der Waals surface area contributed by atoms with Crippen molar-refractivity contribution in [3.05, 3.63) is 0 Å². The average Bonchev–Trinajstić information content (AvgIpc) is 2.38. The van der Waals surface area contributed by atoms with Gasteiger partial charge in [0, 0.05) is 26.7 Å². The van der Waals surface area contributed by atoms with Crippen LogP contribution >= 0.6 is 0 Å². The molecule has 18 heavy (non-hydrogen) atoms. The van der Waals surface area contributed by atoms with E-state index in [0.717, 1.165) is 32.1 Å². The number of carbonyl (C=O) groups is 1. The smallest absolute Gasteiger partial charge is 0.220 e. The van der Waals surface area contributed by atoms with E-state index in [9.17, 15) is 4.79 Å². The summed E-state index contributed by atoms with van der Waals surface area (Å²) in [6.45, 7) is 2.91. The standard InChI is InChI=1S/C14H27NO3/c1-11(7-8-16)10-15-14(17)9-12-3-5-13(18-2)6-4-12/h11-13,16H,3-10H2,1-2H3,(H,15,17). The van der Waals surface area contributed by atoms with Crippen LogP contribution in [-0.4, -0.2) is 37.4 Å². The molecule has 1 amide bonds. The van der Waals surface area contributed by atoms with E-state index in [1.807, 2.05) is 6.92 Å². The quantitative estimate of drug-likeness (QED) is 0.730. The van der Waals surface area contributed by atoms with E-state index < -0.39 is 0 Å². The number of nitrogens with one attached hydrogen (secondary N) is 1. The highest BCUT2D eigenvalue weighted by Crippen LogP contribution is 2.28. The summed E-state index contributed by atoms with van der Waals surface area (Å²) in [6.07, 6.45) is 6.14. The monoisotopic (exact) mass is 257 g/mol. The Bertz CT molecular complexity index is 237. The van der Waals surface area contributed by atoms with Crippen LogP contribution in [0.5, 0.6) is 0 Å². The zero-order chi connectivity index (χ0) is 13.4. The Labute approximate surface area is 110 Å². The van der Waals surface area contributed by atoms with Crippen molar-refractivity contribution in [2.75, 3.05) is 20.3 Å². The van der Waals surface area contributed by atoms with Crippen LogP contribution in [0.3, 0.4) is 0 Å². The van der Waals surface area contributed by atoms with Gasteiger partial charge in [-0.25, -0.2) is 0 Å². The molecule has 0 saturated heterocycles. The Morgan fingerprint density at radius 2 is 2.06 bits per heavy atom. The molecule has 4 nitrogen and oxygen atoms in total. The summed E-state index contributed by atoms with van der Waals surface area (Å²) in [4.78, 5) is 11.8. The zero-order valence-electron chi connectivity index (χ0n) is 11.7. The molecule has 1 aliphatic carbocycles. The van der Waals surface area contributed by atoms with Gasteiger partial charge in [0.25, 0.3) is 0 Å². The van der Waals surface area contributed by atoms with E-state index in [2.05, 4.69) is 5.32 Å². The lowest BCUT2D eigenvalue weighted by molar-refractivity contribution is -0.122. The highest BCUT2D eigenvalue weighted by atomic mass is 16.5. The normalized spacial score (nSPS) is 25.7. The van der Waals surface area contributed by atoms with Crippen LogP contribution < -0.4 is 5.32 Å². The number of ether oxygens (including phenoxy) is 1. The molecule has 0 aliphatic heterocycles. The molecule has 1 unspecified atom stereocenters. The minimum atomic E-state index is 0.153. The molecule has 2 N–H and O–H groups in total. The minimum absolute atomic E-state index is 0.153. The number of aliphatic hydroxyl groups is 1. The topological polar surface area (TPSA) is 58.6 Å². The highest BCUT2D eigenvalue weighted by Gasteiger charge is 2.22. The molecular weight excluding hydrogens is 230 g/mol. The van der Waals surface area contributed by atoms with Crippen molar-refractivity contribution in [2.45, 2.75) is 51.6 Å². The largest absolute Gasteiger partial charge is 0.396 e. The maximum atomic E-state index is 11.8. The van der Waals surface area contributed by atoms with Crippen LogP contribution in [0.2, 0.25) is 0 Å². The third-order valence-corrected chi connectivity index (χ3v) is 3.87. The first kappa shape index (κ1) is 15.4. The Morgan fingerprint density at radius 3 is 2.61 bits per heavy atom. The van der Waals surface area contributed by atoms with Crippen LogP contribution in [0.4, 0.5) is 0 Å². The van der Waals surface area contributed by atoms with Gasteiger partial charge in [-0.05, 0) is 43.9 Å². The molecule has 0 heterocycles. The number of aliphatic hydroxyl groups excluding tert-OH is 1. The first-order valence-electron chi connectivity index (χ1n) is 7.06. The first-order chi connectivity index (χ1) is 8.65. The van der Waals surface area contributed by atoms with Crippen molar-refractivity contribution in [3.63, 3.8) is 0 Å². The summed E-state index contributed by atoms with van der Waals surface area (Å²) in [5.41, 5.74) is 0. The summed E-state index contributed by atoms with van der Waals surface area (Å²) in [6, 6.07) is 0. The van der Waals surface area contributed by atoms with E-state index in [1.54, 1.807) is 7.11 Å². The molecule has 0 spiro atoms. The molecule has 1 saturated carbocycles. The van der Waals surface area contributed by atoms with E-state index >= 15 is 0 Å². The fourth-order valence-electron chi connectivity index (χ4n) is 2.52. The number of hydrogen-bond acceptors (Lipinski definition) is 3. The second-order valence-electron chi connectivity index (χ2n) is 5.50. The fraction of sp³-hybridized carbons (Fsp3) is 0.929. The zero-order valence-corrected chi connectivity index (χ0v) is 11.7. The maximum absolute atomic E-state index is 11.8. The SMILES string of the molecule is COC1CCC(CC(=O)NCC(C)CCO)CC1. The number of amides is 1. The van der Waals surface area contributed by atoms with Crippen LogP contribution in [0, 0.1) is 11.8 Å². The van der Waals surface area contributed by atoms with Crippen LogP contribution in [0.1, 0.15) is 45.4 Å². The molecule has 106 valence electrons. The second kappa shape index (κ2) is 8.48. The molecule has 1 fully saturated rings. The van der Waals surface area contributed by atoms with Crippen molar-refractivity contribution in [1.29, 1.82) is 0 Å². The second-order valence-corrected chi connectivity index (χ2v) is 5.50. The van der Waals surface area contributed by atoms with Gasteiger partial charge in [-0.15, -0.1) is 0 Å². The summed E-state index contributed by atoms with van der Waals surface area (Å²) >= 11 is 0. The van der Waals surface area contributed by atoms with Gasteiger partial charge in [-0.3, -0.25) is 4.79 Å². The number of methoxy groups -OCH3 is 1. The lowest BCUT2D eigenvalue weighted by Gasteiger charge is -2.27. The number of hydrogen-bond donors (Lipinski definition) is 2. The molecule has 0 aromatic carbocycles. The molecular formula is C14H27NO3. The van der Waals surface area contributed by atoms with E-state index in [0.29, 0.717) is 30.9 Å². The molecule has 1 rings (SSSR count). The lowest BCUT2D eigenvalue weighted by atomic mass is 9.85. The third kappa shape index (κ3) is 5.83. The van der Waals surface area contributed by atoms with Crippen LogP contribution in [-0.2, 0) is 9.53 Å². The third-order valence-electron chi connectivity index (χ3n) is 3.87. The Morgan fingerprint density at radius 1 is 1.39 bits per heavy atom. The predicted molar refractivity (Wildman–Crippen MR) is 71.2 cm³/mol. The van der Waals surface area contributed by atoms with Crippen molar-refractivity contribution in [1.82, 2.24) is 5.32 Å². The van der Waals surface area contributed by atoms with Gasteiger partial charge in [0.1, 0.15) is 0 Å². The van der Waals surface area contributed by atoms with E-state index in [4.69, 9.17) is 9.84 Å². The number of carbonyl (C=O) groups excluding carboxylic acids is 1. The maximum Gasteiger partial charge on any atom is 0.220 e. The molecule has 0 bridgehead atoms. The van der Waals surface area contributed by atoms with Crippen LogP contribution in [0.25, 0.3) is 0 Å². The van der Waals surface area contributed by atoms with Gasteiger partial charge in [0.2, 0.25) is 5.91 Å². The molecule has 4 heteroatoms. The molecule has 0 aromatic heterocycles. The number of rotatable bonds is 7. The first-order valence-corrected chi connectivity index (χ1v) is 7.06. The Balaban J connectivity index is 2.13. The minimum Gasteiger partial charge on any atom is -0.396 e. The Kier molecular flexibility index (Phi) is 7.28. The summed E-state index contributed by atoms with van der Waals surface area (Å²) in [7, 11) is 1.76. The van der Waals surface area contributed by atoms with Gasteiger partial charge < -0.3 is 15.2 Å². The van der Waals surface area contributed by atoms with Crippen LogP contribution in [0.15, 0.2) is 0 Å². The van der Waals surface area contributed by atoms with Gasteiger partial charge in [-0.2, -0.15) is 0 Å². The van der Waals surface area contributed by atoms with Gasteiger partial charge in [0.05, 0.1) is 6.10 Å². The summed E-state index contributed by atoms with van der Waals surface area (Å²) in [5, 5.41) is 11.7. The highest BCUT2D eigenvalue weighted by molar-refractivity contribution is 5.76. The van der Waals surface area contributed by atoms with E-state index in [-0.39, 0.29) is 12.5 Å². The average molecular weight is 257 g/mol. The molecule has 1 atom stereocenters. The van der Waals surface area contributed by atoms with Crippen molar-refractivity contribution >= 4 is 5.91 Å². The predicted octanol–water partition coefficient (Wildman–Crippen LogP) is 1.72. The molecule has 0 radical (unpaired) electrons. The molecule has 0 aromatic rings. The summed E-state index contributed by atoms with van der Waals surface area (Å²) in [5.74, 6) is 1.02. The van der Waals surface area contributed by atoms with Crippen molar-refractivity contribution in [3.8, 4) is 0 Å². The van der Waals surface area contributed by atoms with Gasteiger partial charge >= 0.3 is 0 Å². The van der Waals surface area contributed by atoms with E-state index in [1.165, 1.54) is 0 Å². The fourth-order valence-corrected chi connectivity index (χ4v) is 2.52. The van der Waals surface area contributed by atoms with Gasteiger partial charge in [-0.1, -0.05) is 6.92 Å². The van der Waals surface area contributed by atoms with Crippen molar-refractivity contribution < 1.29 is 14.6 Å². The van der Waals surface area contributed by atoms with Gasteiger partial charge in [0.15, 0.2) is 0 Å². The lowest BCUT2D eigenvalue weighted by Crippen LogP contribution is -2.31. The Hall–Kier alpha value is -0.610.